The first-order valence-electron chi connectivity index (χ1n) is 22.6. The van der Waals surface area contributed by atoms with Gasteiger partial charge in [0, 0.05) is 12.8 Å². The number of unbranched alkanes of at least 4 members (excludes halogenated alkanes) is 7. The van der Waals surface area contributed by atoms with Crippen molar-refractivity contribution in [3.8, 4) is 0 Å². The highest BCUT2D eigenvalue weighted by Crippen LogP contribution is 2.43. The number of hydrogen-bond donors (Lipinski definition) is 1. The average molecular weight is 857 g/mol. The third-order valence-electron chi connectivity index (χ3n) is 8.79. The quantitative estimate of drug-likeness (QED) is 0.0214. The Hall–Kier alpha value is -3.33. The van der Waals surface area contributed by atoms with Gasteiger partial charge in [-0.25, -0.2) is 4.57 Å². The van der Waals surface area contributed by atoms with Crippen LogP contribution in [0.25, 0.3) is 0 Å². The van der Waals surface area contributed by atoms with E-state index in [4.69, 9.17) is 18.5 Å². The van der Waals surface area contributed by atoms with E-state index in [0.717, 1.165) is 70.6 Å². The second-order valence-corrected chi connectivity index (χ2v) is 17.1. The summed E-state index contributed by atoms with van der Waals surface area (Å²) in [5, 5.41) is 0. The fraction of sp³-hybridized carbons (Fsp3) is 0.600. The van der Waals surface area contributed by atoms with Gasteiger partial charge >= 0.3 is 19.8 Å². The number of phosphoric acid groups is 1. The number of phosphoric ester groups is 1. The number of quaternary nitrogens is 1. The Morgan fingerprint density at radius 2 is 0.967 bits per heavy atom. The lowest BCUT2D eigenvalue weighted by Gasteiger charge is -2.24. The lowest BCUT2D eigenvalue weighted by Crippen LogP contribution is -2.37. The molecule has 0 aromatic rings. The van der Waals surface area contributed by atoms with Gasteiger partial charge in [-0.15, -0.1) is 0 Å². The van der Waals surface area contributed by atoms with Gasteiger partial charge in [-0.1, -0.05) is 142 Å². The molecule has 0 rings (SSSR count). The van der Waals surface area contributed by atoms with E-state index in [9.17, 15) is 19.0 Å². The van der Waals surface area contributed by atoms with Crippen LogP contribution in [-0.2, 0) is 32.7 Å². The van der Waals surface area contributed by atoms with Crippen LogP contribution in [0.2, 0.25) is 0 Å². The number of carbonyl (C=O) groups excluding carboxylic acids is 2. The van der Waals surface area contributed by atoms with Crippen LogP contribution in [0.5, 0.6) is 0 Å². The maximum Gasteiger partial charge on any atom is 0.472 e. The number of likely N-dealkylation sites (N-methyl/N-ethyl adjacent to an activating group) is 1. The minimum atomic E-state index is -4.41. The molecule has 2 atom stereocenters. The first kappa shape index (κ1) is 56.7. The number of allylic oxidation sites excluding steroid dienone is 18. The van der Waals surface area contributed by atoms with Gasteiger partial charge in [0.05, 0.1) is 27.7 Å². The van der Waals surface area contributed by atoms with Gasteiger partial charge in [0.2, 0.25) is 0 Å². The maximum absolute atomic E-state index is 12.7. The second-order valence-electron chi connectivity index (χ2n) is 15.7. The van der Waals surface area contributed by atoms with Crippen molar-refractivity contribution in [1.82, 2.24) is 0 Å². The van der Waals surface area contributed by atoms with Crippen molar-refractivity contribution < 1.29 is 42.1 Å². The standard InChI is InChI=1S/C50H82NO8P/c1-6-8-10-12-14-16-18-20-22-24-25-27-28-30-32-34-36-38-40-42-49(52)56-46-48(47-58-60(54,55)57-45-44-51(3,4)5)59-50(53)43-41-39-37-35-33-31-29-26-23-21-19-17-15-13-11-9-7-2/h9,11,14-17,20-23,25,27,29-32,35,37,48H,6-8,10,12-13,18-19,24,26,28,33-34,36,38-47H2,1-5H3/p+1/b11-9-,16-14-,17-15-,22-20-,23-21-,27-25-,31-29-,32-30-,37-35-/t48-/m1/s1. The largest absolute Gasteiger partial charge is 0.472 e. The van der Waals surface area contributed by atoms with Crippen molar-refractivity contribution in [2.24, 2.45) is 0 Å². The molecule has 1 unspecified atom stereocenters. The summed E-state index contributed by atoms with van der Waals surface area (Å²) in [6, 6.07) is 0. The smallest absolute Gasteiger partial charge is 0.462 e. The van der Waals surface area contributed by atoms with E-state index in [0.29, 0.717) is 30.3 Å². The molecule has 0 bridgehead atoms. The Kier molecular flexibility index (Phi) is 38.8. The van der Waals surface area contributed by atoms with Gasteiger partial charge < -0.3 is 18.9 Å². The zero-order valence-electron chi connectivity index (χ0n) is 38.1. The van der Waals surface area contributed by atoms with Gasteiger partial charge in [-0.05, 0) is 96.3 Å². The molecule has 0 aliphatic heterocycles. The molecule has 0 amide bonds. The van der Waals surface area contributed by atoms with Crippen molar-refractivity contribution in [3.63, 3.8) is 0 Å². The minimum absolute atomic E-state index is 0.00886. The van der Waals surface area contributed by atoms with E-state index in [1.165, 1.54) is 25.7 Å². The SMILES string of the molecule is CC/C=C\C/C=C\C/C=C\C/C=C\C/C=C\CCCC(=O)O[C@H](COC(=O)CCCCC/C=C\C/C=C\C/C=C\C/C=C\CCCCC)COP(=O)(O)OCC[N+](C)(C)C. The highest BCUT2D eigenvalue weighted by atomic mass is 31.2. The number of nitrogens with zero attached hydrogens (tertiary/aromatic N) is 1. The molecule has 0 aliphatic carbocycles. The Morgan fingerprint density at radius 1 is 0.533 bits per heavy atom. The van der Waals surface area contributed by atoms with Crippen LogP contribution in [0.4, 0.5) is 0 Å². The molecule has 0 aromatic heterocycles. The molecule has 0 radical (unpaired) electrons. The van der Waals surface area contributed by atoms with Crippen LogP contribution in [0.3, 0.4) is 0 Å². The molecule has 0 heterocycles. The van der Waals surface area contributed by atoms with E-state index < -0.39 is 32.5 Å². The summed E-state index contributed by atoms with van der Waals surface area (Å²) < 4.78 is 34.2. The average Bonchev–Trinajstić information content (AvgIpc) is 3.20. The number of rotatable bonds is 39. The molecule has 0 aromatic carbocycles. The van der Waals surface area contributed by atoms with Crippen LogP contribution in [0.1, 0.15) is 142 Å². The van der Waals surface area contributed by atoms with Gasteiger partial charge in [-0.2, -0.15) is 0 Å². The number of ether oxygens (including phenoxy) is 2. The zero-order valence-corrected chi connectivity index (χ0v) is 39.0. The molecular formula is C50H83NO8P+. The summed E-state index contributed by atoms with van der Waals surface area (Å²) in [5.41, 5.74) is 0. The lowest BCUT2D eigenvalue weighted by molar-refractivity contribution is -0.870. The summed E-state index contributed by atoms with van der Waals surface area (Å²) in [7, 11) is 1.40. The van der Waals surface area contributed by atoms with Gasteiger partial charge in [0.15, 0.2) is 6.10 Å². The lowest BCUT2D eigenvalue weighted by atomic mass is 10.1. The molecule has 340 valence electrons. The molecule has 0 spiro atoms. The Morgan fingerprint density at radius 3 is 1.43 bits per heavy atom. The Bertz CT molecular complexity index is 1380. The summed E-state index contributed by atoms with van der Waals surface area (Å²) in [6.45, 7) is 4.14. The first-order valence-corrected chi connectivity index (χ1v) is 24.1. The number of carbonyl (C=O) groups is 2. The van der Waals surface area contributed by atoms with Crippen LogP contribution in [0, 0.1) is 0 Å². The van der Waals surface area contributed by atoms with Crippen LogP contribution < -0.4 is 0 Å². The summed E-state index contributed by atoms with van der Waals surface area (Å²) in [4.78, 5) is 35.4. The monoisotopic (exact) mass is 857 g/mol. The Labute approximate surface area is 366 Å². The van der Waals surface area contributed by atoms with E-state index in [1.807, 2.05) is 27.2 Å². The third kappa shape index (κ3) is 44.2. The van der Waals surface area contributed by atoms with Crippen molar-refractivity contribution in [2.75, 3.05) is 47.5 Å². The summed E-state index contributed by atoms with van der Waals surface area (Å²) in [5.74, 6) is -0.916. The van der Waals surface area contributed by atoms with E-state index in [1.54, 1.807) is 0 Å². The van der Waals surface area contributed by atoms with Crippen molar-refractivity contribution in [3.05, 3.63) is 109 Å². The normalized spacial score (nSPS) is 14.6. The molecule has 1 N–H and O–H groups in total. The second kappa shape index (κ2) is 41.0. The van der Waals surface area contributed by atoms with Gasteiger partial charge in [0.1, 0.15) is 19.8 Å². The summed E-state index contributed by atoms with van der Waals surface area (Å²) in [6.07, 6.45) is 55.7. The maximum atomic E-state index is 12.7. The topological polar surface area (TPSA) is 108 Å². The molecule has 0 saturated heterocycles. The van der Waals surface area contributed by atoms with Crippen molar-refractivity contribution >= 4 is 19.8 Å². The predicted molar refractivity (Wildman–Crippen MR) is 251 cm³/mol. The van der Waals surface area contributed by atoms with E-state index in [2.05, 4.69) is 117 Å². The minimum Gasteiger partial charge on any atom is -0.462 e. The molecule has 60 heavy (non-hydrogen) atoms. The van der Waals surface area contributed by atoms with Crippen LogP contribution >= 0.6 is 7.82 Å². The fourth-order valence-electron chi connectivity index (χ4n) is 5.27. The number of esters is 2. The number of hydrogen-bond acceptors (Lipinski definition) is 7. The highest BCUT2D eigenvalue weighted by Gasteiger charge is 2.27. The van der Waals surface area contributed by atoms with Crippen molar-refractivity contribution in [2.45, 2.75) is 148 Å². The predicted octanol–water partition coefficient (Wildman–Crippen LogP) is 13.1. The van der Waals surface area contributed by atoms with Crippen LogP contribution in [-0.4, -0.2) is 74.9 Å². The molecular weight excluding hydrogens is 774 g/mol. The molecule has 0 aliphatic rings. The van der Waals surface area contributed by atoms with Crippen LogP contribution in [0.15, 0.2) is 109 Å². The third-order valence-corrected chi connectivity index (χ3v) is 9.77. The first-order chi connectivity index (χ1) is 29.0. The van der Waals surface area contributed by atoms with E-state index in [-0.39, 0.29) is 26.1 Å². The molecule has 0 fully saturated rings. The highest BCUT2D eigenvalue weighted by molar-refractivity contribution is 7.47. The molecule has 9 nitrogen and oxygen atoms in total. The summed E-state index contributed by atoms with van der Waals surface area (Å²) >= 11 is 0. The molecule has 0 saturated carbocycles. The molecule has 10 heteroatoms. The van der Waals surface area contributed by atoms with Crippen molar-refractivity contribution in [1.29, 1.82) is 0 Å². The van der Waals surface area contributed by atoms with Gasteiger partial charge in [-0.3, -0.25) is 18.6 Å². The fourth-order valence-corrected chi connectivity index (χ4v) is 6.01. The van der Waals surface area contributed by atoms with E-state index >= 15 is 0 Å². The zero-order chi connectivity index (χ0) is 44.3. The Balaban J connectivity index is 4.53. The van der Waals surface area contributed by atoms with Gasteiger partial charge in [0.25, 0.3) is 0 Å².